The molecule has 0 saturated carbocycles. The van der Waals surface area contributed by atoms with E-state index in [4.69, 9.17) is 11.6 Å². The van der Waals surface area contributed by atoms with Gasteiger partial charge in [-0.15, -0.1) is 0 Å². The average molecular weight is 267 g/mol. The monoisotopic (exact) mass is 266 g/mol. The lowest BCUT2D eigenvalue weighted by molar-refractivity contribution is 0.0955. The topological polar surface area (TPSA) is 41.5 Å². The summed E-state index contributed by atoms with van der Waals surface area (Å²) in [5, 5.41) is 4.53. The minimum absolute atomic E-state index is 0.212. The molecule has 0 aliphatic carbocycles. The quantitative estimate of drug-likeness (QED) is 0.452. The van der Waals surface area contributed by atoms with Crippen LogP contribution in [0.15, 0.2) is 29.4 Å². The van der Waals surface area contributed by atoms with Gasteiger partial charge in [-0.25, -0.2) is 5.43 Å². The summed E-state index contributed by atoms with van der Waals surface area (Å²) in [6, 6.07) is 6.72. The lowest BCUT2D eigenvalue weighted by Crippen LogP contribution is -2.17. The number of carbonyl (C=O) groups is 1. The number of halogens is 1. The maximum atomic E-state index is 11.6. The van der Waals surface area contributed by atoms with Crippen LogP contribution in [-0.2, 0) is 0 Å². The number of nitrogens with one attached hydrogen (secondary N) is 1. The van der Waals surface area contributed by atoms with E-state index >= 15 is 0 Å². The predicted molar refractivity (Wildman–Crippen MR) is 76.2 cm³/mol. The van der Waals surface area contributed by atoms with E-state index in [1.54, 1.807) is 30.5 Å². The molecular formula is C14H19ClN2O. The van der Waals surface area contributed by atoms with Crippen molar-refractivity contribution < 1.29 is 4.79 Å². The predicted octanol–water partition coefficient (Wildman–Crippen LogP) is 4.03. The first kappa shape index (κ1) is 14.7. The Morgan fingerprint density at radius 3 is 2.67 bits per heavy atom. The number of amides is 1. The molecule has 0 spiro atoms. The minimum Gasteiger partial charge on any atom is -0.267 e. The van der Waals surface area contributed by atoms with E-state index in [9.17, 15) is 4.79 Å². The number of hydrogen-bond donors (Lipinski definition) is 1. The third kappa shape index (κ3) is 5.82. The largest absolute Gasteiger partial charge is 0.271 e. The summed E-state index contributed by atoms with van der Waals surface area (Å²) in [5.41, 5.74) is 3.05. The van der Waals surface area contributed by atoms with Crippen LogP contribution < -0.4 is 5.43 Å². The Morgan fingerprint density at radius 1 is 1.28 bits per heavy atom. The van der Waals surface area contributed by atoms with Gasteiger partial charge < -0.3 is 0 Å². The SMILES string of the molecule is CCCCCCC=NNC(=O)c1ccc(Cl)cc1. The molecule has 0 aliphatic heterocycles. The van der Waals surface area contributed by atoms with E-state index in [-0.39, 0.29) is 5.91 Å². The van der Waals surface area contributed by atoms with Gasteiger partial charge in [0.1, 0.15) is 0 Å². The zero-order valence-corrected chi connectivity index (χ0v) is 11.4. The summed E-state index contributed by atoms with van der Waals surface area (Å²) in [5.74, 6) is -0.212. The van der Waals surface area contributed by atoms with Crippen LogP contribution in [0.25, 0.3) is 0 Å². The zero-order valence-electron chi connectivity index (χ0n) is 10.7. The molecular weight excluding hydrogens is 248 g/mol. The number of hydrogen-bond acceptors (Lipinski definition) is 2. The van der Waals surface area contributed by atoms with Crippen LogP contribution in [0.5, 0.6) is 0 Å². The number of carbonyl (C=O) groups excluding carboxylic acids is 1. The van der Waals surface area contributed by atoms with E-state index in [1.165, 1.54) is 19.3 Å². The minimum atomic E-state index is -0.212. The van der Waals surface area contributed by atoms with Gasteiger partial charge in [-0.05, 0) is 37.1 Å². The molecule has 0 heterocycles. The van der Waals surface area contributed by atoms with Crippen LogP contribution in [0, 0.1) is 0 Å². The Bertz CT molecular complexity index is 387. The van der Waals surface area contributed by atoms with Gasteiger partial charge in [-0.3, -0.25) is 4.79 Å². The Balaban J connectivity index is 2.24. The number of nitrogens with zero attached hydrogens (tertiary/aromatic N) is 1. The number of rotatable bonds is 7. The van der Waals surface area contributed by atoms with Crippen LogP contribution in [0.2, 0.25) is 5.02 Å². The maximum Gasteiger partial charge on any atom is 0.271 e. The van der Waals surface area contributed by atoms with Crippen molar-refractivity contribution in [1.29, 1.82) is 0 Å². The zero-order chi connectivity index (χ0) is 13.2. The summed E-state index contributed by atoms with van der Waals surface area (Å²) in [4.78, 5) is 11.6. The molecule has 0 aromatic heterocycles. The van der Waals surface area contributed by atoms with Gasteiger partial charge in [0, 0.05) is 16.8 Å². The molecule has 0 radical (unpaired) electrons. The van der Waals surface area contributed by atoms with Gasteiger partial charge >= 0.3 is 0 Å². The molecule has 0 bridgehead atoms. The van der Waals surface area contributed by atoms with E-state index in [0.29, 0.717) is 10.6 Å². The van der Waals surface area contributed by atoms with Crippen molar-refractivity contribution in [3.8, 4) is 0 Å². The first-order chi connectivity index (χ1) is 8.74. The Labute approximate surface area is 113 Å². The molecule has 0 saturated heterocycles. The number of unbranched alkanes of at least 4 members (excludes halogenated alkanes) is 4. The first-order valence-electron chi connectivity index (χ1n) is 6.31. The lowest BCUT2D eigenvalue weighted by atomic mass is 10.2. The second-order valence-corrected chi connectivity index (χ2v) is 4.55. The Kier molecular flexibility index (Phi) is 7.11. The average Bonchev–Trinajstić information content (AvgIpc) is 2.38. The molecule has 3 nitrogen and oxygen atoms in total. The molecule has 0 unspecified atom stereocenters. The van der Waals surface area contributed by atoms with Crippen LogP contribution >= 0.6 is 11.6 Å². The Hall–Kier alpha value is -1.35. The second-order valence-electron chi connectivity index (χ2n) is 4.11. The maximum absolute atomic E-state index is 11.6. The highest BCUT2D eigenvalue weighted by atomic mass is 35.5. The fourth-order valence-corrected chi connectivity index (χ4v) is 1.62. The molecule has 4 heteroatoms. The van der Waals surface area contributed by atoms with Gasteiger partial charge in [-0.1, -0.05) is 37.8 Å². The molecule has 1 aromatic rings. The lowest BCUT2D eigenvalue weighted by Gasteiger charge is -1.99. The molecule has 98 valence electrons. The normalized spacial score (nSPS) is 10.8. The van der Waals surface area contributed by atoms with Crippen LogP contribution in [0.3, 0.4) is 0 Å². The van der Waals surface area contributed by atoms with Crippen LogP contribution in [0.1, 0.15) is 49.4 Å². The van der Waals surface area contributed by atoms with Gasteiger partial charge in [0.25, 0.3) is 5.91 Å². The van der Waals surface area contributed by atoms with Crippen LogP contribution in [0.4, 0.5) is 0 Å². The van der Waals surface area contributed by atoms with Crippen molar-refractivity contribution in [2.24, 2.45) is 5.10 Å². The smallest absolute Gasteiger partial charge is 0.267 e. The fraction of sp³-hybridized carbons (Fsp3) is 0.429. The Morgan fingerprint density at radius 2 is 2.00 bits per heavy atom. The van der Waals surface area contributed by atoms with E-state index in [0.717, 1.165) is 12.8 Å². The third-order valence-electron chi connectivity index (χ3n) is 2.55. The van der Waals surface area contributed by atoms with Gasteiger partial charge in [0.2, 0.25) is 0 Å². The molecule has 1 N–H and O–H groups in total. The van der Waals surface area contributed by atoms with E-state index in [2.05, 4.69) is 17.5 Å². The first-order valence-corrected chi connectivity index (χ1v) is 6.69. The molecule has 1 aromatic carbocycles. The molecule has 1 amide bonds. The van der Waals surface area contributed by atoms with Gasteiger partial charge in [0.15, 0.2) is 0 Å². The molecule has 18 heavy (non-hydrogen) atoms. The molecule has 1 rings (SSSR count). The van der Waals surface area contributed by atoms with E-state index < -0.39 is 0 Å². The van der Waals surface area contributed by atoms with Gasteiger partial charge in [-0.2, -0.15) is 5.10 Å². The highest BCUT2D eigenvalue weighted by Gasteiger charge is 2.02. The number of benzene rings is 1. The molecule has 0 atom stereocenters. The highest BCUT2D eigenvalue weighted by molar-refractivity contribution is 6.30. The summed E-state index contributed by atoms with van der Waals surface area (Å²) in [7, 11) is 0. The summed E-state index contributed by atoms with van der Waals surface area (Å²) < 4.78 is 0. The fourth-order valence-electron chi connectivity index (χ4n) is 1.50. The van der Waals surface area contributed by atoms with Crippen molar-refractivity contribution in [3.05, 3.63) is 34.9 Å². The van der Waals surface area contributed by atoms with E-state index in [1.807, 2.05) is 0 Å². The summed E-state index contributed by atoms with van der Waals surface area (Å²) in [6.45, 7) is 2.18. The van der Waals surface area contributed by atoms with Crippen LogP contribution in [-0.4, -0.2) is 12.1 Å². The highest BCUT2D eigenvalue weighted by Crippen LogP contribution is 2.09. The van der Waals surface area contributed by atoms with Crippen molar-refractivity contribution >= 4 is 23.7 Å². The summed E-state index contributed by atoms with van der Waals surface area (Å²) in [6.07, 6.45) is 7.47. The van der Waals surface area contributed by atoms with Crippen molar-refractivity contribution in [3.63, 3.8) is 0 Å². The van der Waals surface area contributed by atoms with Crippen molar-refractivity contribution in [2.45, 2.75) is 39.0 Å². The second kappa shape index (κ2) is 8.70. The standard InChI is InChI=1S/C14H19ClN2O/c1-2-3-4-5-6-11-16-17-14(18)12-7-9-13(15)10-8-12/h7-11H,2-6H2,1H3,(H,17,18). The third-order valence-corrected chi connectivity index (χ3v) is 2.80. The molecule has 0 fully saturated rings. The number of hydrazone groups is 1. The summed E-state index contributed by atoms with van der Waals surface area (Å²) >= 11 is 5.74. The van der Waals surface area contributed by atoms with Crippen molar-refractivity contribution in [2.75, 3.05) is 0 Å². The van der Waals surface area contributed by atoms with Crippen molar-refractivity contribution in [1.82, 2.24) is 5.43 Å². The molecule has 0 aliphatic rings. The van der Waals surface area contributed by atoms with Gasteiger partial charge in [0.05, 0.1) is 0 Å².